The summed E-state index contributed by atoms with van der Waals surface area (Å²) in [6, 6.07) is 6.11. The van der Waals surface area contributed by atoms with Gasteiger partial charge >= 0.3 is 5.97 Å². The minimum absolute atomic E-state index is 0.279. The number of carbonyl (C=O) groups is 1. The number of ether oxygens (including phenoxy) is 3. The van der Waals surface area contributed by atoms with Crippen molar-refractivity contribution < 1.29 is 19.0 Å². The Hall–Kier alpha value is -1.55. The maximum Gasteiger partial charge on any atom is 0.340 e. The number of carbonyl (C=O) groups excluding carboxylic acids is 1. The Balaban J connectivity index is 1.89. The maximum absolute atomic E-state index is 11.8. The van der Waals surface area contributed by atoms with Crippen molar-refractivity contribution >= 4 is 5.97 Å². The lowest BCUT2D eigenvalue weighted by Gasteiger charge is -2.24. The molecule has 0 saturated carbocycles. The molecular weight excluding hydrogens is 244 g/mol. The molecule has 1 heterocycles. The third-order valence-electron chi connectivity index (χ3n) is 4.49. The molecule has 3 rings (SSSR count). The lowest BCUT2D eigenvalue weighted by atomic mass is 9.77. The Morgan fingerprint density at radius 3 is 2.79 bits per heavy atom. The highest BCUT2D eigenvalue weighted by molar-refractivity contribution is 5.84. The highest BCUT2D eigenvalue weighted by Crippen LogP contribution is 2.55. The molecule has 0 aromatic heterocycles. The van der Waals surface area contributed by atoms with Crippen molar-refractivity contribution in [1.82, 2.24) is 0 Å². The predicted octanol–water partition coefficient (Wildman–Crippen LogP) is 1.88. The van der Waals surface area contributed by atoms with Crippen LogP contribution in [0.5, 0.6) is 5.75 Å². The molecule has 0 amide bonds. The molecule has 1 aliphatic carbocycles. The SMILES string of the molecule is COC(=O)C1(C)OC12CCc1ccc(OC)cc1C2. The number of methoxy groups -OCH3 is 2. The average molecular weight is 262 g/mol. The summed E-state index contributed by atoms with van der Waals surface area (Å²) in [6.45, 7) is 1.82. The van der Waals surface area contributed by atoms with Crippen LogP contribution in [0.1, 0.15) is 24.5 Å². The van der Waals surface area contributed by atoms with Gasteiger partial charge in [0.05, 0.1) is 14.2 Å². The Morgan fingerprint density at radius 2 is 2.11 bits per heavy atom. The van der Waals surface area contributed by atoms with E-state index in [-0.39, 0.29) is 11.6 Å². The maximum atomic E-state index is 11.8. The van der Waals surface area contributed by atoms with E-state index in [1.165, 1.54) is 18.2 Å². The van der Waals surface area contributed by atoms with Crippen molar-refractivity contribution in [1.29, 1.82) is 0 Å². The van der Waals surface area contributed by atoms with Gasteiger partial charge in [-0.1, -0.05) is 6.07 Å². The summed E-state index contributed by atoms with van der Waals surface area (Å²) in [6.07, 6.45) is 2.52. The monoisotopic (exact) mass is 262 g/mol. The molecule has 4 heteroatoms. The average Bonchev–Trinajstić information content (AvgIpc) is 3.02. The van der Waals surface area contributed by atoms with Crippen LogP contribution >= 0.6 is 0 Å². The number of hydrogen-bond donors (Lipinski definition) is 0. The highest BCUT2D eigenvalue weighted by atomic mass is 16.7. The van der Waals surface area contributed by atoms with E-state index in [1.54, 1.807) is 7.11 Å². The molecule has 2 unspecified atom stereocenters. The summed E-state index contributed by atoms with van der Waals surface area (Å²) >= 11 is 0. The van der Waals surface area contributed by atoms with Crippen LogP contribution in [0.4, 0.5) is 0 Å². The van der Waals surface area contributed by atoms with Crippen LogP contribution in [0.3, 0.4) is 0 Å². The predicted molar refractivity (Wildman–Crippen MR) is 69.3 cm³/mol. The van der Waals surface area contributed by atoms with E-state index in [1.807, 2.05) is 19.1 Å². The van der Waals surface area contributed by atoms with E-state index in [2.05, 4.69) is 6.07 Å². The van der Waals surface area contributed by atoms with E-state index >= 15 is 0 Å². The van der Waals surface area contributed by atoms with E-state index in [9.17, 15) is 4.79 Å². The van der Waals surface area contributed by atoms with Gasteiger partial charge in [0.1, 0.15) is 11.4 Å². The van der Waals surface area contributed by atoms with Gasteiger partial charge in [-0.3, -0.25) is 0 Å². The molecule has 0 radical (unpaired) electrons. The molecule has 102 valence electrons. The van der Waals surface area contributed by atoms with Gasteiger partial charge in [-0.15, -0.1) is 0 Å². The molecule has 1 spiro atoms. The second-order valence-corrected chi connectivity index (χ2v) is 5.43. The van der Waals surface area contributed by atoms with E-state index < -0.39 is 5.60 Å². The van der Waals surface area contributed by atoms with Crippen LogP contribution in [-0.4, -0.2) is 31.4 Å². The molecule has 1 aromatic carbocycles. The van der Waals surface area contributed by atoms with Crippen LogP contribution in [0.25, 0.3) is 0 Å². The van der Waals surface area contributed by atoms with E-state index in [0.717, 1.165) is 25.0 Å². The van der Waals surface area contributed by atoms with Crippen LogP contribution < -0.4 is 4.74 Å². The third kappa shape index (κ3) is 1.66. The first-order chi connectivity index (χ1) is 9.04. The zero-order chi connectivity index (χ0) is 13.7. The number of fused-ring (bicyclic) bond motifs is 1. The van der Waals surface area contributed by atoms with Gasteiger partial charge in [-0.25, -0.2) is 4.79 Å². The molecular formula is C15H18O4. The van der Waals surface area contributed by atoms with E-state index in [4.69, 9.17) is 14.2 Å². The smallest absolute Gasteiger partial charge is 0.340 e. The van der Waals surface area contributed by atoms with Gasteiger partial charge in [0.2, 0.25) is 0 Å². The molecule has 1 aliphatic heterocycles. The standard InChI is InChI=1S/C15H18O4/c1-14(13(16)18-3)15(19-14)7-6-10-4-5-12(17-2)8-11(10)9-15/h4-5,8H,6-7,9H2,1-3H3. The second-order valence-electron chi connectivity index (χ2n) is 5.43. The zero-order valence-electron chi connectivity index (χ0n) is 11.5. The van der Waals surface area contributed by atoms with Crippen molar-refractivity contribution in [2.75, 3.05) is 14.2 Å². The molecule has 1 saturated heterocycles. The number of aryl methyl sites for hydroxylation is 1. The van der Waals surface area contributed by atoms with Gasteiger partial charge in [0, 0.05) is 6.42 Å². The molecule has 19 heavy (non-hydrogen) atoms. The third-order valence-corrected chi connectivity index (χ3v) is 4.49. The number of benzene rings is 1. The number of hydrogen-bond acceptors (Lipinski definition) is 4. The largest absolute Gasteiger partial charge is 0.497 e. The number of esters is 1. The first kappa shape index (κ1) is 12.5. The van der Waals surface area contributed by atoms with Gasteiger partial charge < -0.3 is 14.2 Å². The molecule has 1 fully saturated rings. The van der Waals surface area contributed by atoms with Crippen LogP contribution in [0.2, 0.25) is 0 Å². The molecule has 2 atom stereocenters. The lowest BCUT2D eigenvalue weighted by Crippen LogP contribution is -2.36. The Bertz CT molecular complexity index is 539. The fourth-order valence-corrected chi connectivity index (χ4v) is 3.15. The molecule has 0 bridgehead atoms. The minimum Gasteiger partial charge on any atom is -0.497 e. The fourth-order valence-electron chi connectivity index (χ4n) is 3.15. The van der Waals surface area contributed by atoms with E-state index in [0.29, 0.717) is 0 Å². The molecule has 4 nitrogen and oxygen atoms in total. The van der Waals surface area contributed by atoms with Gasteiger partial charge in [0.25, 0.3) is 0 Å². The normalized spacial score (nSPS) is 31.7. The summed E-state index contributed by atoms with van der Waals surface area (Å²) in [7, 11) is 3.06. The summed E-state index contributed by atoms with van der Waals surface area (Å²) in [5, 5.41) is 0. The topological polar surface area (TPSA) is 48.1 Å². The van der Waals surface area contributed by atoms with Crippen molar-refractivity contribution in [2.24, 2.45) is 0 Å². The van der Waals surface area contributed by atoms with Crippen molar-refractivity contribution in [3.05, 3.63) is 29.3 Å². The quantitative estimate of drug-likeness (QED) is 0.603. The zero-order valence-corrected chi connectivity index (χ0v) is 11.5. The second kappa shape index (κ2) is 3.97. The fraction of sp³-hybridized carbons (Fsp3) is 0.533. The summed E-state index contributed by atoms with van der Waals surface area (Å²) in [5.74, 6) is 0.565. The molecule has 2 aliphatic rings. The van der Waals surface area contributed by atoms with Gasteiger partial charge in [-0.2, -0.15) is 0 Å². The lowest BCUT2D eigenvalue weighted by molar-refractivity contribution is -0.146. The van der Waals surface area contributed by atoms with Crippen LogP contribution in [-0.2, 0) is 27.1 Å². The van der Waals surface area contributed by atoms with Gasteiger partial charge in [0.15, 0.2) is 5.60 Å². The highest BCUT2D eigenvalue weighted by Gasteiger charge is 2.72. The van der Waals surface area contributed by atoms with Crippen molar-refractivity contribution in [3.63, 3.8) is 0 Å². The van der Waals surface area contributed by atoms with Crippen LogP contribution in [0, 0.1) is 0 Å². The Labute approximate surface area is 112 Å². The number of rotatable bonds is 2. The van der Waals surface area contributed by atoms with Crippen LogP contribution in [0.15, 0.2) is 18.2 Å². The molecule has 0 N–H and O–H groups in total. The number of epoxide rings is 1. The molecule has 1 aromatic rings. The summed E-state index contributed by atoms with van der Waals surface area (Å²) < 4.78 is 15.9. The first-order valence-corrected chi connectivity index (χ1v) is 6.49. The minimum atomic E-state index is -0.789. The van der Waals surface area contributed by atoms with Crippen molar-refractivity contribution in [3.8, 4) is 5.75 Å². The Morgan fingerprint density at radius 1 is 1.32 bits per heavy atom. The van der Waals surface area contributed by atoms with Gasteiger partial charge in [-0.05, 0) is 43.0 Å². The summed E-state index contributed by atoms with van der Waals surface area (Å²) in [5.41, 5.74) is 1.34. The summed E-state index contributed by atoms with van der Waals surface area (Å²) in [4.78, 5) is 11.8. The first-order valence-electron chi connectivity index (χ1n) is 6.49. The van der Waals surface area contributed by atoms with Crippen molar-refractivity contribution in [2.45, 2.75) is 37.4 Å². The Kier molecular flexibility index (Phi) is 2.61.